The number of hydroxylamine groups is 1. The smallest absolute Gasteiger partial charge is 0.429 e. The van der Waals surface area contributed by atoms with E-state index < -0.39 is 17.6 Å². The van der Waals surface area contributed by atoms with E-state index in [0.717, 1.165) is 30.5 Å². The average molecular weight is 467 g/mol. The molecule has 0 aliphatic carbocycles. The molecule has 0 aliphatic rings. The Hall–Kier alpha value is -2.65. The Balaban J connectivity index is 0.00000497. The molecule has 1 atom stereocenters. The number of ether oxygens (including phenoxy) is 1. The minimum absolute atomic E-state index is 0.129. The lowest BCUT2D eigenvalue weighted by atomic mass is 10.0. The summed E-state index contributed by atoms with van der Waals surface area (Å²) in [5.74, 6) is -0.757. The molecule has 0 fully saturated rings. The second-order valence-corrected chi connectivity index (χ2v) is 8.97. The van der Waals surface area contributed by atoms with Crippen LogP contribution in [0.3, 0.4) is 0 Å². The molecule has 9 nitrogen and oxygen atoms in total. The first-order valence-electron chi connectivity index (χ1n) is 11.3. The summed E-state index contributed by atoms with van der Waals surface area (Å²) < 4.78 is 5.48. The maximum Gasteiger partial charge on any atom is 0.429 e. The molecule has 0 bridgehead atoms. The Bertz CT molecular complexity index is 689. The van der Waals surface area contributed by atoms with Crippen molar-refractivity contribution in [2.45, 2.75) is 65.4 Å². The highest BCUT2D eigenvalue weighted by molar-refractivity contribution is 5.81. The Morgan fingerprint density at radius 3 is 2.21 bits per heavy atom. The summed E-state index contributed by atoms with van der Waals surface area (Å²) in [5.41, 5.74) is 6.26. The van der Waals surface area contributed by atoms with Gasteiger partial charge in [-0.1, -0.05) is 38.3 Å². The normalized spacial score (nSPS) is 11.6. The van der Waals surface area contributed by atoms with Crippen molar-refractivity contribution >= 4 is 24.5 Å². The van der Waals surface area contributed by atoms with Gasteiger partial charge in [0.15, 0.2) is 0 Å². The predicted octanol–water partition coefficient (Wildman–Crippen LogP) is 3.55. The number of carbonyl (C=O) groups excluding carboxylic acids is 3. The van der Waals surface area contributed by atoms with Crippen LogP contribution in [0.2, 0.25) is 0 Å². The third-order valence-electron chi connectivity index (χ3n) is 4.80. The number of hydrogen-bond donors (Lipinski definition) is 3. The highest BCUT2D eigenvalue weighted by Crippen LogP contribution is 2.15. The van der Waals surface area contributed by atoms with Gasteiger partial charge in [0.05, 0.1) is 5.92 Å². The van der Waals surface area contributed by atoms with Crippen LogP contribution in [0, 0.1) is 5.92 Å². The number of unbranched alkanes of at least 4 members (excludes halogenated alkanes) is 2. The first-order chi connectivity index (χ1) is 15.6. The fourth-order valence-corrected chi connectivity index (χ4v) is 3.01. The van der Waals surface area contributed by atoms with Crippen LogP contribution < -0.4 is 15.8 Å². The molecule has 0 aromatic heterocycles. The molecule has 1 rings (SSSR count). The summed E-state index contributed by atoms with van der Waals surface area (Å²) in [6.07, 6.45) is 3.51. The van der Waals surface area contributed by atoms with Crippen molar-refractivity contribution < 1.29 is 24.3 Å². The topological polar surface area (TPSA) is 111 Å². The van der Waals surface area contributed by atoms with Crippen LogP contribution >= 0.6 is 0 Å². The van der Waals surface area contributed by atoms with E-state index in [1.165, 1.54) is 5.01 Å². The van der Waals surface area contributed by atoms with Crippen LogP contribution in [0.4, 0.5) is 10.5 Å². The van der Waals surface area contributed by atoms with Crippen LogP contribution in [-0.2, 0) is 20.7 Å². The first-order valence-corrected chi connectivity index (χ1v) is 11.3. The zero-order chi connectivity index (χ0) is 25.4. The largest absolute Gasteiger partial charge is 0.442 e. The van der Waals surface area contributed by atoms with E-state index in [4.69, 9.17) is 14.7 Å². The summed E-state index contributed by atoms with van der Waals surface area (Å²) >= 11 is 0. The highest BCUT2D eigenvalue weighted by Gasteiger charge is 2.26. The van der Waals surface area contributed by atoms with Crippen LogP contribution in [0.5, 0.6) is 0 Å². The van der Waals surface area contributed by atoms with E-state index in [1.54, 1.807) is 20.8 Å². The molecule has 9 heteroatoms. The fourth-order valence-electron chi connectivity index (χ4n) is 3.01. The zero-order valence-corrected chi connectivity index (χ0v) is 21.0. The van der Waals surface area contributed by atoms with Crippen LogP contribution in [-0.4, -0.2) is 61.8 Å². The molecule has 3 N–H and O–H groups in total. The molecule has 1 unspecified atom stereocenters. The number of benzene rings is 1. The van der Waals surface area contributed by atoms with E-state index in [2.05, 4.69) is 17.8 Å². The Morgan fingerprint density at radius 2 is 1.73 bits per heavy atom. The van der Waals surface area contributed by atoms with Crippen LogP contribution in [0.1, 0.15) is 58.9 Å². The van der Waals surface area contributed by atoms with Crippen molar-refractivity contribution in [1.29, 1.82) is 0 Å². The van der Waals surface area contributed by atoms with Gasteiger partial charge in [0.25, 0.3) is 0 Å². The molecule has 1 aromatic carbocycles. The van der Waals surface area contributed by atoms with E-state index in [1.807, 2.05) is 50.0 Å². The van der Waals surface area contributed by atoms with E-state index in [-0.39, 0.29) is 19.0 Å². The number of hydrogen-bond acceptors (Lipinski definition) is 7. The molecule has 0 saturated heterocycles. The Morgan fingerprint density at radius 1 is 1.12 bits per heavy atom. The molecule has 0 heterocycles. The second-order valence-electron chi connectivity index (χ2n) is 8.97. The summed E-state index contributed by atoms with van der Waals surface area (Å²) in [7, 11) is 3.96. The molecular formula is C24H42N4O5. The number of hydrazine groups is 1. The van der Waals surface area contributed by atoms with E-state index in [9.17, 15) is 9.59 Å². The molecular weight excluding hydrogens is 424 g/mol. The predicted molar refractivity (Wildman–Crippen MR) is 130 cm³/mol. The average Bonchev–Trinajstić information content (AvgIpc) is 2.76. The highest BCUT2D eigenvalue weighted by atomic mass is 16.6. The SMILES string of the molecule is C=O.CCCCCC(CNO)C(=O)NN(CCc1ccc(N(C)C)cc1)C(=O)OC(C)(C)C. The minimum atomic E-state index is -0.680. The third-order valence-corrected chi connectivity index (χ3v) is 4.80. The van der Waals surface area contributed by atoms with Gasteiger partial charge in [-0.15, -0.1) is 0 Å². The quantitative estimate of drug-likeness (QED) is 0.338. The maximum absolute atomic E-state index is 12.8. The van der Waals surface area contributed by atoms with Crippen molar-refractivity contribution in [2.75, 3.05) is 32.1 Å². The van der Waals surface area contributed by atoms with Gasteiger partial charge in [0.1, 0.15) is 12.4 Å². The fraction of sp³-hybridized carbons (Fsp3) is 0.625. The summed E-state index contributed by atoms with van der Waals surface area (Å²) in [6.45, 7) is 9.85. The van der Waals surface area contributed by atoms with Gasteiger partial charge in [-0.2, -0.15) is 0 Å². The molecule has 0 radical (unpaired) electrons. The number of nitrogens with zero attached hydrogens (tertiary/aromatic N) is 2. The number of carbonyl (C=O) groups is 3. The van der Waals surface area contributed by atoms with Gasteiger partial charge in [-0.05, 0) is 51.3 Å². The van der Waals surface area contributed by atoms with Crippen molar-refractivity contribution in [2.24, 2.45) is 5.92 Å². The van der Waals surface area contributed by atoms with Crippen molar-refractivity contribution in [3.63, 3.8) is 0 Å². The Labute approximate surface area is 198 Å². The third kappa shape index (κ3) is 12.8. The summed E-state index contributed by atoms with van der Waals surface area (Å²) in [4.78, 5) is 35.6. The van der Waals surface area contributed by atoms with E-state index >= 15 is 0 Å². The van der Waals surface area contributed by atoms with Gasteiger partial charge in [0.2, 0.25) is 5.91 Å². The van der Waals surface area contributed by atoms with Gasteiger partial charge < -0.3 is 19.6 Å². The maximum atomic E-state index is 12.8. The first kappa shape index (κ1) is 30.4. The van der Waals surface area contributed by atoms with E-state index in [0.29, 0.717) is 12.8 Å². The molecule has 0 aliphatic heterocycles. The van der Waals surface area contributed by atoms with Gasteiger partial charge >= 0.3 is 6.09 Å². The lowest BCUT2D eigenvalue weighted by molar-refractivity contribution is -0.130. The summed E-state index contributed by atoms with van der Waals surface area (Å²) in [5, 5.41) is 10.3. The Kier molecular flexibility index (Phi) is 14.8. The standard InChI is InChI=1S/C23H40N4O4.CH2O/c1-7-8-9-10-19(17-24-30)21(28)25-27(22(29)31-23(2,3)4)16-15-18-11-13-20(14-12-18)26(5)6;1-2/h11-14,19,24,30H,7-10,15-17H2,1-6H3,(H,25,28);1H2. The lowest BCUT2D eigenvalue weighted by Gasteiger charge is -2.29. The van der Waals surface area contributed by atoms with Crippen LogP contribution in [0.15, 0.2) is 24.3 Å². The number of amides is 2. The molecule has 0 saturated carbocycles. The monoisotopic (exact) mass is 466 g/mol. The summed E-state index contributed by atoms with van der Waals surface area (Å²) in [6, 6.07) is 8.05. The molecule has 33 heavy (non-hydrogen) atoms. The van der Waals surface area contributed by atoms with Gasteiger partial charge in [-0.25, -0.2) is 15.3 Å². The van der Waals surface area contributed by atoms with Crippen molar-refractivity contribution in [3.8, 4) is 0 Å². The van der Waals surface area contributed by atoms with Crippen molar-refractivity contribution in [3.05, 3.63) is 29.8 Å². The molecule has 1 aromatic rings. The molecule has 0 spiro atoms. The lowest BCUT2D eigenvalue weighted by Crippen LogP contribution is -2.51. The second kappa shape index (κ2) is 16.0. The van der Waals surface area contributed by atoms with Gasteiger partial charge in [0, 0.05) is 32.9 Å². The minimum Gasteiger partial charge on any atom is -0.442 e. The number of anilines is 1. The van der Waals surface area contributed by atoms with Crippen LogP contribution in [0.25, 0.3) is 0 Å². The number of nitrogens with one attached hydrogen (secondary N) is 2. The van der Waals surface area contributed by atoms with Crippen molar-refractivity contribution in [1.82, 2.24) is 15.9 Å². The molecule has 188 valence electrons. The number of rotatable bonds is 11. The van der Waals surface area contributed by atoms with Gasteiger partial charge in [-0.3, -0.25) is 10.2 Å². The zero-order valence-electron chi connectivity index (χ0n) is 21.0. The molecule has 2 amide bonds.